The molecular formula is C10H12BrN3S. The Morgan fingerprint density at radius 3 is 3.00 bits per heavy atom. The van der Waals surface area contributed by atoms with Gasteiger partial charge in [-0.1, -0.05) is 0 Å². The normalized spacial score (nSPS) is 10.8. The third-order valence-corrected chi connectivity index (χ3v) is 3.61. The van der Waals surface area contributed by atoms with Crippen LogP contribution >= 0.6 is 27.3 Å². The van der Waals surface area contributed by atoms with Gasteiger partial charge in [-0.2, -0.15) is 5.10 Å². The van der Waals surface area contributed by atoms with Crippen LogP contribution in [0, 0.1) is 0 Å². The Hall–Kier alpha value is -0.650. The van der Waals surface area contributed by atoms with Gasteiger partial charge in [0.1, 0.15) is 0 Å². The van der Waals surface area contributed by atoms with Crippen molar-refractivity contribution < 1.29 is 0 Å². The van der Waals surface area contributed by atoms with E-state index in [1.807, 2.05) is 24.0 Å². The van der Waals surface area contributed by atoms with Crippen molar-refractivity contribution in [1.82, 2.24) is 15.1 Å². The number of hydrogen-bond donors (Lipinski definition) is 1. The Balaban J connectivity index is 2.04. The van der Waals surface area contributed by atoms with Gasteiger partial charge >= 0.3 is 0 Å². The van der Waals surface area contributed by atoms with Crippen molar-refractivity contribution in [3.05, 3.63) is 38.8 Å². The molecule has 0 radical (unpaired) electrons. The highest BCUT2D eigenvalue weighted by Crippen LogP contribution is 2.22. The number of hydrogen-bond acceptors (Lipinski definition) is 3. The highest BCUT2D eigenvalue weighted by Gasteiger charge is 2.01. The van der Waals surface area contributed by atoms with Crippen LogP contribution < -0.4 is 5.32 Å². The van der Waals surface area contributed by atoms with Gasteiger partial charge in [-0.25, -0.2) is 0 Å². The topological polar surface area (TPSA) is 29.9 Å². The molecule has 1 N–H and O–H groups in total. The standard InChI is InChI=1S/C10H12BrN3S/c1-12-6-8-4-5-14(13-8)7-9-2-3-10(11)15-9/h2-5,12H,6-7H2,1H3. The molecule has 0 saturated carbocycles. The summed E-state index contributed by atoms with van der Waals surface area (Å²) in [5, 5.41) is 7.53. The van der Waals surface area contributed by atoms with Gasteiger partial charge < -0.3 is 5.32 Å². The molecule has 0 saturated heterocycles. The van der Waals surface area contributed by atoms with Crippen LogP contribution in [-0.4, -0.2) is 16.8 Å². The summed E-state index contributed by atoms with van der Waals surface area (Å²) in [7, 11) is 1.93. The van der Waals surface area contributed by atoms with Crippen LogP contribution in [-0.2, 0) is 13.1 Å². The molecule has 15 heavy (non-hydrogen) atoms. The second-order valence-corrected chi connectivity index (χ2v) is 5.79. The zero-order chi connectivity index (χ0) is 10.7. The molecule has 2 rings (SSSR count). The van der Waals surface area contributed by atoms with E-state index in [1.54, 1.807) is 11.3 Å². The maximum atomic E-state index is 4.45. The van der Waals surface area contributed by atoms with Gasteiger partial charge in [-0.05, 0) is 41.2 Å². The molecule has 0 bridgehead atoms. The molecule has 0 aliphatic rings. The minimum atomic E-state index is 0.821. The monoisotopic (exact) mass is 285 g/mol. The zero-order valence-electron chi connectivity index (χ0n) is 8.40. The Labute approximate surface area is 101 Å². The van der Waals surface area contributed by atoms with E-state index >= 15 is 0 Å². The lowest BCUT2D eigenvalue weighted by molar-refractivity contribution is 0.664. The average Bonchev–Trinajstić information content (AvgIpc) is 2.78. The fourth-order valence-corrected chi connectivity index (χ4v) is 2.84. The molecule has 0 spiro atoms. The summed E-state index contributed by atoms with van der Waals surface area (Å²) in [6.07, 6.45) is 2.01. The third-order valence-electron chi connectivity index (χ3n) is 2.00. The van der Waals surface area contributed by atoms with Crippen molar-refractivity contribution >= 4 is 27.3 Å². The molecule has 0 amide bonds. The van der Waals surface area contributed by atoms with Gasteiger partial charge in [0.05, 0.1) is 16.0 Å². The van der Waals surface area contributed by atoms with Crippen molar-refractivity contribution in [1.29, 1.82) is 0 Å². The van der Waals surface area contributed by atoms with E-state index < -0.39 is 0 Å². The maximum Gasteiger partial charge on any atom is 0.0762 e. The minimum Gasteiger partial charge on any atom is -0.314 e. The van der Waals surface area contributed by atoms with Crippen LogP contribution in [0.1, 0.15) is 10.6 Å². The molecule has 80 valence electrons. The van der Waals surface area contributed by atoms with Crippen LogP contribution in [0.15, 0.2) is 28.2 Å². The summed E-state index contributed by atoms with van der Waals surface area (Å²) in [4.78, 5) is 1.31. The first kappa shape index (κ1) is 10.9. The molecule has 0 aromatic carbocycles. The quantitative estimate of drug-likeness (QED) is 0.935. The predicted molar refractivity (Wildman–Crippen MR) is 66.1 cm³/mol. The predicted octanol–water partition coefficient (Wildman–Crippen LogP) is 2.47. The Morgan fingerprint density at radius 1 is 1.47 bits per heavy atom. The molecule has 0 unspecified atom stereocenters. The summed E-state index contributed by atoms with van der Waals surface area (Å²) < 4.78 is 3.13. The van der Waals surface area contributed by atoms with Crippen molar-refractivity contribution in [3.63, 3.8) is 0 Å². The highest BCUT2D eigenvalue weighted by atomic mass is 79.9. The van der Waals surface area contributed by atoms with Gasteiger partial charge in [0.15, 0.2) is 0 Å². The van der Waals surface area contributed by atoms with Crippen LogP contribution in [0.2, 0.25) is 0 Å². The third kappa shape index (κ3) is 2.90. The van der Waals surface area contributed by atoms with E-state index in [9.17, 15) is 0 Å². The minimum absolute atomic E-state index is 0.821. The van der Waals surface area contributed by atoms with Crippen molar-refractivity contribution in [3.8, 4) is 0 Å². The van der Waals surface area contributed by atoms with Crippen molar-refractivity contribution in [2.24, 2.45) is 0 Å². The van der Waals surface area contributed by atoms with E-state index in [2.05, 4.69) is 38.5 Å². The van der Waals surface area contributed by atoms with Crippen LogP contribution in [0.3, 0.4) is 0 Å². The van der Waals surface area contributed by atoms with E-state index in [0.29, 0.717) is 0 Å². The Bertz CT molecular complexity index is 435. The van der Waals surface area contributed by atoms with Crippen LogP contribution in [0.4, 0.5) is 0 Å². The summed E-state index contributed by atoms with van der Waals surface area (Å²) in [5.41, 5.74) is 1.08. The molecule has 0 fully saturated rings. The SMILES string of the molecule is CNCc1ccn(Cc2ccc(Br)s2)n1. The van der Waals surface area contributed by atoms with Gasteiger partial charge in [-0.15, -0.1) is 11.3 Å². The number of thiophene rings is 1. The summed E-state index contributed by atoms with van der Waals surface area (Å²) in [5.74, 6) is 0. The largest absolute Gasteiger partial charge is 0.314 e. The number of nitrogens with zero attached hydrogens (tertiary/aromatic N) is 2. The van der Waals surface area contributed by atoms with Crippen molar-refractivity contribution in [2.75, 3.05) is 7.05 Å². The van der Waals surface area contributed by atoms with Gasteiger partial charge in [-0.3, -0.25) is 4.68 Å². The van der Waals surface area contributed by atoms with Crippen LogP contribution in [0.5, 0.6) is 0 Å². The average molecular weight is 286 g/mol. The Kier molecular flexibility index (Phi) is 3.56. The number of halogens is 1. The van der Waals surface area contributed by atoms with E-state index in [1.165, 1.54) is 8.66 Å². The fraction of sp³-hybridized carbons (Fsp3) is 0.300. The summed E-state index contributed by atoms with van der Waals surface area (Å²) in [6.45, 7) is 1.67. The van der Waals surface area contributed by atoms with Gasteiger partial charge in [0, 0.05) is 17.6 Å². The first-order chi connectivity index (χ1) is 7.28. The lowest BCUT2D eigenvalue weighted by atomic mass is 10.4. The second-order valence-electron chi connectivity index (χ2n) is 3.24. The fourth-order valence-electron chi connectivity index (χ4n) is 1.36. The molecule has 2 heterocycles. The van der Waals surface area contributed by atoms with Gasteiger partial charge in [0.25, 0.3) is 0 Å². The molecule has 2 aromatic rings. The van der Waals surface area contributed by atoms with Crippen LogP contribution in [0.25, 0.3) is 0 Å². The summed E-state index contributed by atoms with van der Waals surface area (Å²) in [6, 6.07) is 6.23. The number of aromatic nitrogens is 2. The Morgan fingerprint density at radius 2 is 2.33 bits per heavy atom. The number of nitrogens with one attached hydrogen (secondary N) is 1. The van der Waals surface area contributed by atoms with E-state index in [0.717, 1.165) is 18.8 Å². The lowest BCUT2D eigenvalue weighted by Gasteiger charge is -1.97. The molecule has 0 aliphatic carbocycles. The molecule has 0 aliphatic heterocycles. The first-order valence-corrected chi connectivity index (χ1v) is 6.30. The lowest BCUT2D eigenvalue weighted by Crippen LogP contribution is -2.07. The highest BCUT2D eigenvalue weighted by molar-refractivity contribution is 9.11. The molecular weight excluding hydrogens is 274 g/mol. The maximum absolute atomic E-state index is 4.45. The first-order valence-electron chi connectivity index (χ1n) is 4.69. The van der Waals surface area contributed by atoms with Gasteiger partial charge in [0.2, 0.25) is 0 Å². The van der Waals surface area contributed by atoms with E-state index in [4.69, 9.17) is 0 Å². The zero-order valence-corrected chi connectivity index (χ0v) is 10.8. The molecule has 0 atom stereocenters. The van der Waals surface area contributed by atoms with E-state index in [-0.39, 0.29) is 0 Å². The second kappa shape index (κ2) is 4.92. The molecule has 2 aromatic heterocycles. The number of rotatable bonds is 4. The van der Waals surface area contributed by atoms with Crippen molar-refractivity contribution in [2.45, 2.75) is 13.1 Å². The molecule has 5 heteroatoms. The summed E-state index contributed by atoms with van der Waals surface area (Å²) >= 11 is 5.20. The molecule has 3 nitrogen and oxygen atoms in total. The smallest absolute Gasteiger partial charge is 0.0762 e.